The number of unbranched alkanes of at least 4 members (excludes halogenated alkanes) is 9. The fraction of sp³-hybridized carbons (Fsp3) is 1.00. The molecule has 0 amide bonds. The molecule has 0 fully saturated rings. The normalized spacial score (nSPS) is 11.1. The molecule has 0 N–H and O–H groups in total. The minimum atomic E-state index is 0.948. The predicted molar refractivity (Wildman–Crippen MR) is 88.4 cm³/mol. The Morgan fingerprint density at radius 1 is 0.400 bits per heavy atom. The Hall–Kier alpha value is -0.0800. The van der Waals surface area contributed by atoms with Crippen LogP contribution in [0.3, 0.4) is 0 Å². The molecule has 0 aromatic rings. The first-order valence-electron chi connectivity index (χ1n) is 9.07. The van der Waals surface area contributed by atoms with E-state index in [0.717, 1.165) is 26.4 Å². The zero-order valence-corrected chi connectivity index (χ0v) is 14.1. The van der Waals surface area contributed by atoms with Gasteiger partial charge < -0.3 is 9.47 Å². The number of hydrogen-bond donors (Lipinski definition) is 0. The molecule has 0 atom stereocenters. The van der Waals surface area contributed by atoms with Crippen LogP contribution >= 0.6 is 0 Å². The van der Waals surface area contributed by atoms with Crippen molar-refractivity contribution in [3.8, 4) is 0 Å². The van der Waals surface area contributed by atoms with Gasteiger partial charge in [0.2, 0.25) is 0 Å². The van der Waals surface area contributed by atoms with E-state index in [4.69, 9.17) is 9.47 Å². The molecule has 0 aliphatic rings. The first kappa shape index (κ1) is 19.9. The lowest BCUT2D eigenvalue weighted by atomic mass is 10.2. The summed E-state index contributed by atoms with van der Waals surface area (Å²) in [6, 6.07) is 0. The molecule has 0 spiro atoms. The summed E-state index contributed by atoms with van der Waals surface area (Å²) in [5.41, 5.74) is 0. The van der Waals surface area contributed by atoms with E-state index in [1.54, 1.807) is 0 Å². The molecule has 2 nitrogen and oxygen atoms in total. The van der Waals surface area contributed by atoms with Gasteiger partial charge in [-0.3, -0.25) is 0 Å². The molecule has 122 valence electrons. The Bertz CT molecular complexity index is 141. The van der Waals surface area contributed by atoms with Crippen molar-refractivity contribution in [3.05, 3.63) is 0 Å². The number of rotatable bonds is 17. The molecule has 0 saturated heterocycles. The van der Waals surface area contributed by atoms with Crippen molar-refractivity contribution in [2.24, 2.45) is 0 Å². The Balaban J connectivity index is 2.89. The van der Waals surface area contributed by atoms with Gasteiger partial charge in [-0.15, -0.1) is 0 Å². The molecule has 0 aliphatic heterocycles. The minimum Gasteiger partial charge on any atom is -0.381 e. The van der Waals surface area contributed by atoms with Gasteiger partial charge in [0.25, 0.3) is 0 Å². The maximum atomic E-state index is 5.63. The largest absolute Gasteiger partial charge is 0.381 e. The van der Waals surface area contributed by atoms with Gasteiger partial charge in [-0.2, -0.15) is 0 Å². The molecule has 20 heavy (non-hydrogen) atoms. The van der Waals surface area contributed by atoms with E-state index in [1.165, 1.54) is 77.0 Å². The third kappa shape index (κ3) is 17.9. The summed E-state index contributed by atoms with van der Waals surface area (Å²) in [6.45, 7) is 8.31. The van der Waals surface area contributed by atoms with Crippen molar-refractivity contribution in [1.82, 2.24) is 0 Å². The lowest BCUT2D eigenvalue weighted by molar-refractivity contribution is 0.117. The molecule has 2 heteroatoms. The number of hydrogen-bond acceptors (Lipinski definition) is 2. The molecule has 0 saturated carbocycles. The lowest BCUT2D eigenvalue weighted by Crippen LogP contribution is -1.99. The highest BCUT2D eigenvalue weighted by Gasteiger charge is 1.93. The molecule has 0 bridgehead atoms. The standard InChI is InChI=1S/C18H38O2/c1-3-5-7-11-15-19-17-13-9-10-14-18-20-16-12-8-6-4-2/h3-18H2,1-2H3. The van der Waals surface area contributed by atoms with Crippen LogP contribution in [0.5, 0.6) is 0 Å². The van der Waals surface area contributed by atoms with Crippen molar-refractivity contribution in [1.29, 1.82) is 0 Å². The fourth-order valence-electron chi connectivity index (χ4n) is 2.23. The third-order valence-corrected chi connectivity index (χ3v) is 3.61. The summed E-state index contributed by atoms with van der Waals surface area (Å²) < 4.78 is 11.3. The second-order valence-corrected chi connectivity index (χ2v) is 5.76. The SMILES string of the molecule is CCCCCCOCCCCCCOCCCCCC. The van der Waals surface area contributed by atoms with Crippen LogP contribution in [0.25, 0.3) is 0 Å². The molecule has 0 aliphatic carbocycles. The van der Waals surface area contributed by atoms with E-state index in [9.17, 15) is 0 Å². The maximum Gasteiger partial charge on any atom is 0.0466 e. The van der Waals surface area contributed by atoms with Crippen LogP contribution in [0.1, 0.15) is 90.9 Å². The first-order chi connectivity index (χ1) is 9.91. The van der Waals surface area contributed by atoms with Crippen molar-refractivity contribution in [2.75, 3.05) is 26.4 Å². The van der Waals surface area contributed by atoms with Gasteiger partial charge in [0.1, 0.15) is 0 Å². The second-order valence-electron chi connectivity index (χ2n) is 5.76. The van der Waals surface area contributed by atoms with Gasteiger partial charge in [0.05, 0.1) is 0 Å². The van der Waals surface area contributed by atoms with Crippen LogP contribution in [0.2, 0.25) is 0 Å². The van der Waals surface area contributed by atoms with E-state index in [2.05, 4.69) is 13.8 Å². The van der Waals surface area contributed by atoms with Crippen LogP contribution < -0.4 is 0 Å². The van der Waals surface area contributed by atoms with Crippen LogP contribution in [0.4, 0.5) is 0 Å². The smallest absolute Gasteiger partial charge is 0.0466 e. The minimum absolute atomic E-state index is 0.948. The van der Waals surface area contributed by atoms with Gasteiger partial charge in [0.15, 0.2) is 0 Å². The van der Waals surface area contributed by atoms with Crippen LogP contribution in [-0.4, -0.2) is 26.4 Å². The Morgan fingerprint density at radius 3 is 1.00 bits per heavy atom. The van der Waals surface area contributed by atoms with Crippen LogP contribution in [0.15, 0.2) is 0 Å². The Morgan fingerprint density at radius 2 is 0.700 bits per heavy atom. The monoisotopic (exact) mass is 286 g/mol. The molecule has 0 heterocycles. The lowest BCUT2D eigenvalue weighted by Gasteiger charge is -2.05. The first-order valence-corrected chi connectivity index (χ1v) is 9.07. The van der Waals surface area contributed by atoms with E-state index in [1.807, 2.05) is 0 Å². The average Bonchev–Trinajstić information content (AvgIpc) is 2.47. The predicted octanol–water partition coefficient (Wildman–Crippen LogP) is 5.74. The summed E-state index contributed by atoms with van der Waals surface area (Å²) in [6.07, 6.45) is 15.4. The number of ether oxygens (including phenoxy) is 2. The van der Waals surface area contributed by atoms with Crippen molar-refractivity contribution in [2.45, 2.75) is 90.9 Å². The Kier molecular flexibility index (Phi) is 18.8. The molecule has 0 aromatic carbocycles. The second kappa shape index (κ2) is 18.9. The highest BCUT2D eigenvalue weighted by molar-refractivity contribution is 4.45. The van der Waals surface area contributed by atoms with E-state index in [0.29, 0.717) is 0 Å². The average molecular weight is 286 g/mol. The summed E-state index contributed by atoms with van der Waals surface area (Å²) >= 11 is 0. The molecular weight excluding hydrogens is 248 g/mol. The van der Waals surface area contributed by atoms with Crippen molar-refractivity contribution >= 4 is 0 Å². The zero-order valence-electron chi connectivity index (χ0n) is 14.1. The quantitative estimate of drug-likeness (QED) is 0.317. The zero-order chi connectivity index (χ0) is 14.7. The van der Waals surface area contributed by atoms with Gasteiger partial charge in [-0.1, -0.05) is 65.2 Å². The van der Waals surface area contributed by atoms with E-state index in [-0.39, 0.29) is 0 Å². The summed E-state index contributed by atoms with van der Waals surface area (Å²) in [5, 5.41) is 0. The highest BCUT2D eigenvalue weighted by atomic mass is 16.5. The summed E-state index contributed by atoms with van der Waals surface area (Å²) in [7, 11) is 0. The molecule has 0 unspecified atom stereocenters. The van der Waals surface area contributed by atoms with Crippen LogP contribution in [0, 0.1) is 0 Å². The van der Waals surface area contributed by atoms with Gasteiger partial charge >= 0.3 is 0 Å². The maximum absolute atomic E-state index is 5.63. The fourth-order valence-corrected chi connectivity index (χ4v) is 2.23. The topological polar surface area (TPSA) is 18.5 Å². The van der Waals surface area contributed by atoms with E-state index < -0.39 is 0 Å². The van der Waals surface area contributed by atoms with Gasteiger partial charge in [0, 0.05) is 26.4 Å². The van der Waals surface area contributed by atoms with Crippen molar-refractivity contribution < 1.29 is 9.47 Å². The van der Waals surface area contributed by atoms with E-state index >= 15 is 0 Å². The van der Waals surface area contributed by atoms with Gasteiger partial charge in [-0.25, -0.2) is 0 Å². The third-order valence-electron chi connectivity index (χ3n) is 3.61. The molecule has 0 aromatic heterocycles. The molecule has 0 rings (SSSR count). The summed E-state index contributed by atoms with van der Waals surface area (Å²) in [4.78, 5) is 0. The highest BCUT2D eigenvalue weighted by Crippen LogP contribution is 2.04. The van der Waals surface area contributed by atoms with Gasteiger partial charge in [-0.05, 0) is 25.7 Å². The summed E-state index contributed by atoms with van der Waals surface area (Å²) in [5.74, 6) is 0. The Labute approximate surface area is 127 Å². The van der Waals surface area contributed by atoms with Crippen LogP contribution in [-0.2, 0) is 9.47 Å². The molecular formula is C18H38O2. The molecule has 0 radical (unpaired) electrons. The van der Waals surface area contributed by atoms with Crippen molar-refractivity contribution in [3.63, 3.8) is 0 Å².